The Morgan fingerprint density at radius 1 is 1.31 bits per heavy atom. The van der Waals surface area contributed by atoms with Crippen LogP contribution in [-0.4, -0.2) is 5.75 Å². The summed E-state index contributed by atoms with van der Waals surface area (Å²) in [6.45, 7) is 0. The number of rotatable bonds is 3. The summed E-state index contributed by atoms with van der Waals surface area (Å²) in [6, 6.07) is 3.56. The van der Waals surface area contributed by atoms with Crippen molar-refractivity contribution >= 4 is 17.4 Å². The Hall–Kier alpha value is -0.840. The van der Waals surface area contributed by atoms with Crippen LogP contribution in [0.2, 0.25) is 0 Å². The first-order chi connectivity index (χ1) is 7.47. The fourth-order valence-corrected chi connectivity index (χ4v) is 2.49. The molecule has 0 heterocycles. The predicted molar refractivity (Wildman–Crippen MR) is 59.3 cm³/mol. The predicted octanol–water partition coefficient (Wildman–Crippen LogP) is 3.79. The third-order valence-corrected chi connectivity index (χ3v) is 3.83. The number of halogens is 3. The van der Waals surface area contributed by atoms with E-state index in [9.17, 15) is 13.2 Å². The molecule has 0 saturated heterocycles. The van der Waals surface area contributed by atoms with Crippen molar-refractivity contribution in [1.82, 2.24) is 0 Å². The van der Waals surface area contributed by atoms with Gasteiger partial charge in [-0.3, -0.25) is 0 Å². The highest BCUT2D eigenvalue weighted by Crippen LogP contribution is 2.38. The zero-order valence-corrected chi connectivity index (χ0v) is 9.37. The van der Waals surface area contributed by atoms with Crippen molar-refractivity contribution < 1.29 is 13.2 Å². The van der Waals surface area contributed by atoms with Gasteiger partial charge in [-0.2, -0.15) is 13.2 Å². The van der Waals surface area contributed by atoms with Crippen LogP contribution in [-0.2, 0) is 6.18 Å². The third-order valence-electron chi connectivity index (χ3n) is 2.51. The molecule has 16 heavy (non-hydrogen) atoms. The molecule has 1 fully saturated rings. The number of alkyl halides is 3. The molecular weight excluding hydrogens is 235 g/mol. The Balaban J connectivity index is 2.09. The van der Waals surface area contributed by atoms with Crippen LogP contribution in [0.25, 0.3) is 0 Å². The van der Waals surface area contributed by atoms with E-state index in [2.05, 4.69) is 0 Å². The second-order valence-electron chi connectivity index (χ2n) is 4.00. The average molecular weight is 247 g/mol. The van der Waals surface area contributed by atoms with Gasteiger partial charge in [0.25, 0.3) is 0 Å². The topological polar surface area (TPSA) is 26.0 Å². The molecule has 1 aliphatic rings. The van der Waals surface area contributed by atoms with Crippen molar-refractivity contribution in [3.05, 3.63) is 23.8 Å². The Labute approximate surface area is 96.2 Å². The number of anilines is 1. The first-order valence-corrected chi connectivity index (χ1v) is 6.05. The molecular formula is C11H12F3NS. The Bertz CT molecular complexity index is 385. The minimum Gasteiger partial charge on any atom is -0.398 e. The number of nitrogen functional groups attached to an aromatic ring is 1. The van der Waals surface area contributed by atoms with E-state index in [-0.39, 0.29) is 5.69 Å². The second-order valence-corrected chi connectivity index (χ2v) is 5.07. The quantitative estimate of drug-likeness (QED) is 0.649. The van der Waals surface area contributed by atoms with E-state index in [0.29, 0.717) is 0 Å². The molecule has 0 aromatic heterocycles. The molecule has 0 unspecified atom stereocenters. The van der Waals surface area contributed by atoms with Crippen LogP contribution in [0.1, 0.15) is 18.4 Å². The van der Waals surface area contributed by atoms with Gasteiger partial charge in [0.05, 0.1) is 5.56 Å². The lowest BCUT2D eigenvalue weighted by molar-refractivity contribution is -0.137. The zero-order chi connectivity index (χ0) is 11.8. The molecule has 0 bridgehead atoms. The fraction of sp³-hybridized carbons (Fsp3) is 0.455. The molecule has 1 aliphatic carbocycles. The van der Waals surface area contributed by atoms with Crippen LogP contribution in [0.4, 0.5) is 18.9 Å². The van der Waals surface area contributed by atoms with E-state index < -0.39 is 11.7 Å². The largest absolute Gasteiger partial charge is 0.416 e. The maximum absolute atomic E-state index is 12.4. The molecule has 0 spiro atoms. The van der Waals surface area contributed by atoms with E-state index in [4.69, 9.17) is 5.73 Å². The standard InChI is InChI=1S/C11H12F3NS/c12-11(13,14)8-3-4-10(9(15)5-8)16-6-7-1-2-7/h3-5,7H,1-2,6,15H2. The molecule has 1 aromatic rings. The minimum atomic E-state index is -4.31. The first-order valence-electron chi connectivity index (χ1n) is 5.06. The maximum atomic E-state index is 12.4. The highest BCUT2D eigenvalue weighted by atomic mass is 32.2. The van der Waals surface area contributed by atoms with Crippen molar-refractivity contribution in [2.24, 2.45) is 5.92 Å². The molecule has 88 valence electrons. The normalized spacial score (nSPS) is 16.4. The highest BCUT2D eigenvalue weighted by molar-refractivity contribution is 7.99. The first kappa shape index (κ1) is 11.6. The second kappa shape index (κ2) is 4.20. The summed E-state index contributed by atoms with van der Waals surface area (Å²) in [5.41, 5.74) is 5.15. The lowest BCUT2D eigenvalue weighted by Crippen LogP contribution is -2.05. The van der Waals surface area contributed by atoms with Gasteiger partial charge in [0.15, 0.2) is 0 Å². The van der Waals surface area contributed by atoms with Crippen molar-refractivity contribution in [3.63, 3.8) is 0 Å². The molecule has 0 aliphatic heterocycles. The van der Waals surface area contributed by atoms with Gasteiger partial charge in [-0.25, -0.2) is 0 Å². The van der Waals surface area contributed by atoms with Crippen LogP contribution in [0.5, 0.6) is 0 Å². The van der Waals surface area contributed by atoms with Gasteiger partial charge in [0, 0.05) is 16.3 Å². The molecule has 5 heteroatoms. The van der Waals surface area contributed by atoms with Crippen LogP contribution < -0.4 is 5.73 Å². The Kier molecular flexibility index (Phi) is 3.06. The van der Waals surface area contributed by atoms with Crippen molar-refractivity contribution in [2.75, 3.05) is 11.5 Å². The number of benzene rings is 1. The summed E-state index contributed by atoms with van der Waals surface area (Å²) < 4.78 is 37.1. The SMILES string of the molecule is Nc1cc(C(F)(F)F)ccc1SCC1CC1. The van der Waals surface area contributed by atoms with Crippen molar-refractivity contribution in [3.8, 4) is 0 Å². The summed E-state index contributed by atoms with van der Waals surface area (Å²) in [7, 11) is 0. The molecule has 0 atom stereocenters. The lowest BCUT2D eigenvalue weighted by atomic mass is 10.2. The number of hydrogen-bond acceptors (Lipinski definition) is 2. The Morgan fingerprint density at radius 2 is 2.00 bits per heavy atom. The molecule has 1 aromatic carbocycles. The average Bonchev–Trinajstić information content (AvgIpc) is 2.98. The smallest absolute Gasteiger partial charge is 0.398 e. The summed E-state index contributed by atoms with van der Waals surface area (Å²) in [6.07, 6.45) is -1.85. The molecule has 0 radical (unpaired) electrons. The van der Waals surface area contributed by atoms with Crippen LogP contribution >= 0.6 is 11.8 Å². The van der Waals surface area contributed by atoms with E-state index in [1.165, 1.54) is 18.9 Å². The fourth-order valence-electron chi connectivity index (χ4n) is 1.35. The molecule has 2 N–H and O–H groups in total. The van der Waals surface area contributed by atoms with Gasteiger partial charge >= 0.3 is 6.18 Å². The number of thioether (sulfide) groups is 1. The van der Waals surface area contributed by atoms with Gasteiger partial charge in [0.2, 0.25) is 0 Å². The third kappa shape index (κ3) is 2.84. The summed E-state index contributed by atoms with van der Waals surface area (Å²) in [5.74, 6) is 1.68. The summed E-state index contributed by atoms with van der Waals surface area (Å²) >= 11 is 1.54. The van der Waals surface area contributed by atoms with E-state index in [1.54, 1.807) is 11.8 Å². The van der Waals surface area contributed by atoms with E-state index in [1.807, 2.05) is 0 Å². The maximum Gasteiger partial charge on any atom is 0.416 e. The molecule has 0 amide bonds. The number of hydrogen-bond donors (Lipinski definition) is 1. The van der Waals surface area contributed by atoms with E-state index >= 15 is 0 Å². The minimum absolute atomic E-state index is 0.223. The van der Waals surface area contributed by atoms with Crippen LogP contribution in [0.3, 0.4) is 0 Å². The van der Waals surface area contributed by atoms with Gasteiger partial charge in [-0.05, 0) is 37.0 Å². The van der Waals surface area contributed by atoms with E-state index in [0.717, 1.165) is 28.7 Å². The summed E-state index contributed by atoms with van der Waals surface area (Å²) in [4.78, 5) is 0.750. The zero-order valence-electron chi connectivity index (χ0n) is 8.55. The number of nitrogens with two attached hydrogens (primary N) is 1. The molecule has 2 rings (SSSR count). The highest BCUT2D eigenvalue weighted by Gasteiger charge is 2.31. The molecule has 1 nitrogen and oxygen atoms in total. The summed E-state index contributed by atoms with van der Waals surface area (Å²) in [5, 5.41) is 0. The van der Waals surface area contributed by atoms with Gasteiger partial charge in [0.1, 0.15) is 0 Å². The molecule has 1 saturated carbocycles. The van der Waals surface area contributed by atoms with Gasteiger partial charge < -0.3 is 5.73 Å². The van der Waals surface area contributed by atoms with Crippen molar-refractivity contribution in [2.45, 2.75) is 23.9 Å². The van der Waals surface area contributed by atoms with Gasteiger partial charge in [-0.15, -0.1) is 11.8 Å². The lowest BCUT2D eigenvalue weighted by Gasteiger charge is -2.10. The van der Waals surface area contributed by atoms with Gasteiger partial charge in [-0.1, -0.05) is 0 Å². The monoisotopic (exact) mass is 247 g/mol. The Morgan fingerprint density at radius 3 is 2.50 bits per heavy atom. The van der Waals surface area contributed by atoms with Crippen molar-refractivity contribution in [1.29, 1.82) is 0 Å². The van der Waals surface area contributed by atoms with Crippen LogP contribution in [0, 0.1) is 5.92 Å². The van der Waals surface area contributed by atoms with Crippen LogP contribution in [0.15, 0.2) is 23.1 Å².